The van der Waals surface area contributed by atoms with E-state index in [1.165, 1.54) is 9.87 Å². The standard InChI is InChI=1S/C23H28N4O3S2/c1-4-14-26(18-12-10-17(11-13-18)16(2)3)23(28)20-8-6-15-27(20)32(29,30)21-9-5-7-19-22(21)25-31-24-19/h5,7,9-13,16,20H,4,6,8,14-15H2,1-3H3/t20-/m0/s1. The number of sulfonamides is 1. The van der Waals surface area contributed by atoms with Gasteiger partial charge in [-0.1, -0.05) is 39.0 Å². The van der Waals surface area contributed by atoms with E-state index in [4.69, 9.17) is 0 Å². The average molecular weight is 473 g/mol. The fourth-order valence-corrected chi connectivity index (χ4v) is 6.60. The summed E-state index contributed by atoms with van der Waals surface area (Å²) in [6, 6.07) is 12.2. The molecule has 0 radical (unpaired) electrons. The molecule has 1 fully saturated rings. The number of anilines is 1. The van der Waals surface area contributed by atoms with E-state index in [0.717, 1.165) is 23.8 Å². The molecule has 0 N–H and O–H groups in total. The third-order valence-electron chi connectivity index (χ3n) is 5.91. The van der Waals surface area contributed by atoms with Crippen molar-refractivity contribution >= 4 is 44.4 Å². The predicted octanol–water partition coefficient (Wildman–Crippen LogP) is 4.41. The van der Waals surface area contributed by atoms with Gasteiger partial charge in [0.05, 0.1) is 11.7 Å². The molecular formula is C23H28N4O3S2. The molecule has 1 atom stereocenters. The fourth-order valence-electron chi connectivity index (χ4n) is 4.20. The first kappa shape index (κ1) is 22.8. The Morgan fingerprint density at radius 3 is 2.62 bits per heavy atom. The topological polar surface area (TPSA) is 83.5 Å². The highest BCUT2D eigenvalue weighted by atomic mass is 32.2. The summed E-state index contributed by atoms with van der Waals surface area (Å²) >= 11 is 0.986. The number of aromatic nitrogens is 2. The Morgan fingerprint density at radius 2 is 1.94 bits per heavy atom. The van der Waals surface area contributed by atoms with Gasteiger partial charge < -0.3 is 4.90 Å². The molecule has 2 aromatic carbocycles. The Bertz CT molecular complexity index is 1210. The number of nitrogens with zero attached hydrogens (tertiary/aromatic N) is 4. The van der Waals surface area contributed by atoms with Crippen molar-refractivity contribution < 1.29 is 13.2 Å². The molecular weight excluding hydrogens is 444 g/mol. The summed E-state index contributed by atoms with van der Waals surface area (Å²) in [4.78, 5) is 15.5. The van der Waals surface area contributed by atoms with E-state index in [2.05, 4.69) is 22.6 Å². The van der Waals surface area contributed by atoms with E-state index in [1.54, 1.807) is 23.1 Å². The Kier molecular flexibility index (Phi) is 6.60. The first-order valence-corrected chi connectivity index (χ1v) is 13.2. The highest BCUT2D eigenvalue weighted by Gasteiger charge is 2.42. The van der Waals surface area contributed by atoms with E-state index in [1.807, 2.05) is 31.2 Å². The van der Waals surface area contributed by atoms with Gasteiger partial charge in [-0.2, -0.15) is 13.1 Å². The summed E-state index contributed by atoms with van der Waals surface area (Å²) in [5.41, 5.74) is 2.92. The first-order chi connectivity index (χ1) is 15.3. The van der Waals surface area contributed by atoms with Crippen molar-refractivity contribution in [3.8, 4) is 0 Å². The maximum Gasteiger partial charge on any atom is 0.246 e. The highest BCUT2D eigenvalue weighted by molar-refractivity contribution is 7.89. The van der Waals surface area contributed by atoms with Crippen molar-refractivity contribution in [2.75, 3.05) is 18.0 Å². The Balaban J connectivity index is 1.66. The molecule has 0 bridgehead atoms. The van der Waals surface area contributed by atoms with Crippen LogP contribution in [0.2, 0.25) is 0 Å². The van der Waals surface area contributed by atoms with Gasteiger partial charge >= 0.3 is 0 Å². The Labute approximate surface area is 193 Å². The van der Waals surface area contributed by atoms with Crippen LogP contribution in [0.5, 0.6) is 0 Å². The lowest BCUT2D eigenvalue weighted by Gasteiger charge is -2.30. The van der Waals surface area contributed by atoms with Gasteiger partial charge in [0.1, 0.15) is 22.0 Å². The minimum absolute atomic E-state index is 0.117. The van der Waals surface area contributed by atoms with Gasteiger partial charge in [-0.3, -0.25) is 4.79 Å². The van der Waals surface area contributed by atoms with Gasteiger partial charge in [0.15, 0.2) is 0 Å². The van der Waals surface area contributed by atoms with E-state index < -0.39 is 16.1 Å². The molecule has 1 aliphatic heterocycles. The normalized spacial score (nSPS) is 17.3. The summed E-state index contributed by atoms with van der Waals surface area (Å²) in [5.74, 6) is 0.228. The molecule has 1 aromatic heterocycles. The molecule has 4 rings (SSSR count). The van der Waals surface area contributed by atoms with Crippen molar-refractivity contribution in [3.63, 3.8) is 0 Å². The largest absolute Gasteiger partial charge is 0.311 e. The molecule has 0 saturated carbocycles. The van der Waals surface area contributed by atoms with Crippen LogP contribution in [0, 0.1) is 0 Å². The van der Waals surface area contributed by atoms with Crippen molar-refractivity contribution in [3.05, 3.63) is 48.0 Å². The van der Waals surface area contributed by atoms with Crippen LogP contribution in [0.4, 0.5) is 5.69 Å². The molecule has 0 aliphatic carbocycles. The third kappa shape index (κ3) is 4.16. The monoisotopic (exact) mass is 472 g/mol. The van der Waals surface area contributed by atoms with Gasteiger partial charge in [0, 0.05) is 18.8 Å². The number of benzene rings is 2. The van der Waals surface area contributed by atoms with Crippen molar-refractivity contribution in [2.24, 2.45) is 0 Å². The second-order valence-corrected chi connectivity index (χ2v) is 10.8. The molecule has 0 unspecified atom stereocenters. The van der Waals surface area contributed by atoms with E-state index >= 15 is 0 Å². The zero-order valence-electron chi connectivity index (χ0n) is 18.6. The van der Waals surface area contributed by atoms with Gasteiger partial charge in [0.2, 0.25) is 15.9 Å². The van der Waals surface area contributed by atoms with Gasteiger partial charge in [0.25, 0.3) is 0 Å². The SMILES string of the molecule is CCCN(C(=O)[C@@H]1CCCN1S(=O)(=O)c1cccc2nsnc12)c1ccc(C(C)C)cc1. The number of rotatable bonds is 7. The van der Waals surface area contributed by atoms with Gasteiger partial charge in [-0.15, -0.1) is 0 Å². The predicted molar refractivity (Wildman–Crippen MR) is 128 cm³/mol. The second kappa shape index (κ2) is 9.25. The molecule has 7 nitrogen and oxygen atoms in total. The summed E-state index contributed by atoms with van der Waals surface area (Å²) < 4.78 is 36.9. The minimum Gasteiger partial charge on any atom is -0.311 e. The van der Waals surface area contributed by atoms with Crippen LogP contribution in [-0.2, 0) is 14.8 Å². The lowest BCUT2D eigenvalue weighted by Crippen LogP contribution is -2.48. The van der Waals surface area contributed by atoms with E-state index in [-0.39, 0.29) is 10.8 Å². The van der Waals surface area contributed by atoms with Crippen LogP contribution in [0.15, 0.2) is 47.4 Å². The van der Waals surface area contributed by atoms with Crippen LogP contribution >= 0.6 is 11.7 Å². The number of hydrogen-bond acceptors (Lipinski definition) is 6. The molecule has 0 spiro atoms. The van der Waals surface area contributed by atoms with E-state index in [0.29, 0.717) is 42.9 Å². The molecule has 32 heavy (non-hydrogen) atoms. The molecule has 1 amide bonds. The highest BCUT2D eigenvalue weighted by Crippen LogP contribution is 2.32. The van der Waals surface area contributed by atoms with Crippen LogP contribution in [0.25, 0.3) is 11.0 Å². The number of carbonyl (C=O) groups excluding carboxylic acids is 1. The Morgan fingerprint density at radius 1 is 1.19 bits per heavy atom. The van der Waals surface area contributed by atoms with Crippen molar-refractivity contribution in [1.29, 1.82) is 0 Å². The zero-order valence-corrected chi connectivity index (χ0v) is 20.2. The molecule has 3 aromatic rings. The maximum atomic E-state index is 13.7. The fraction of sp³-hybridized carbons (Fsp3) is 0.435. The van der Waals surface area contributed by atoms with Crippen LogP contribution in [0.1, 0.15) is 51.5 Å². The molecule has 9 heteroatoms. The lowest BCUT2D eigenvalue weighted by molar-refractivity contribution is -0.121. The van der Waals surface area contributed by atoms with Crippen LogP contribution in [0.3, 0.4) is 0 Å². The number of carbonyl (C=O) groups is 1. The number of hydrogen-bond donors (Lipinski definition) is 0. The molecule has 2 heterocycles. The van der Waals surface area contributed by atoms with Gasteiger partial charge in [-0.05, 0) is 55.0 Å². The van der Waals surface area contributed by atoms with Crippen LogP contribution in [-0.4, -0.2) is 46.5 Å². The third-order valence-corrected chi connectivity index (χ3v) is 8.39. The minimum atomic E-state index is -3.89. The molecule has 170 valence electrons. The quantitative estimate of drug-likeness (QED) is 0.509. The first-order valence-electron chi connectivity index (χ1n) is 11.0. The van der Waals surface area contributed by atoms with E-state index in [9.17, 15) is 13.2 Å². The number of amides is 1. The smallest absolute Gasteiger partial charge is 0.246 e. The summed E-state index contributed by atoms with van der Waals surface area (Å²) in [5, 5.41) is 0. The Hall–Kier alpha value is -2.36. The van der Waals surface area contributed by atoms with Crippen LogP contribution < -0.4 is 4.90 Å². The van der Waals surface area contributed by atoms with Crippen molar-refractivity contribution in [1.82, 2.24) is 13.1 Å². The molecule has 1 saturated heterocycles. The average Bonchev–Trinajstić information content (AvgIpc) is 3.46. The summed E-state index contributed by atoms with van der Waals surface area (Å²) in [6.45, 7) is 7.13. The zero-order chi connectivity index (χ0) is 22.9. The van der Waals surface area contributed by atoms with Crippen molar-refractivity contribution in [2.45, 2.75) is 56.9 Å². The lowest BCUT2D eigenvalue weighted by atomic mass is 10.0. The summed E-state index contributed by atoms with van der Waals surface area (Å²) in [7, 11) is -3.89. The maximum absolute atomic E-state index is 13.7. The van der Waals surface area contributed by atoms with Gasteiger partial charge in [-0.25, -0.2) is 8.42 Å². The molecule has 1 aliphatic rings. The number of fused-ring (bicyclic) bond motifs is 1. The second-order valence-electron chi connectivity index (χ2n) is 8.40. The summed E-state index contributed by atoms with van der Waals surface area (Å²) in [6.07, 6.45) is 1.93.